The highest BCUT2D eigenvalue weighted by atomic mass is 16.5. The molecule has 27 heavy (non-hydrogen) atoms. The molecule has 0 aromatic heterocycles. The molecule has 1 aromatic carbocycles. The summed E-state index contributed by atoms with van der Waals surface area (Å²) < 4.78 is 10.9. The lowest BCUT2D eigenvalue weighted by atomic mass is 10.0. The van der Waals surface area contributed by atoms with Gasteiger partial charge in [0, 0.05) is 31.2 Å². The first-order valence-electron chi connectivity index (χ1n) is 9.63. The Morgan fingerprint density at radius 3 is 2.74 bits per heavy atom. The van der Waals surface area contributed by atoms with E-state index in [4.69, 9.17) is 9.47 Å². The fraction of sp³-hybridized carbons (Fsp3) is 0.600. The van der Waals surface area contributed by atoms with E-state index in [2.05, 4.69) is 10.6 Å². The average Bonchev–Trinajstić information content (AvgIpc) is 2.69. The van der Waals surface area contributed by atoms with Gasteiger partial charge in [-0.25, -0.2) is 0 Å². The Hall–Kier alpha value is -2.12. The van der Waals surface area contributed by atoms with Crippen molar-refractivity contribution in [2.24, 2.45) is 0 Å². The molecule has 7 heteroatoms. The van der Waals surface area contributed by atoms with E-state index in [1.807, 2.05) is 36.1 Å². The monoisotopic (exact) mass is 375 g/mol. The molecule has 3 rings (SSSR count). The number of carbonyl (C=O) groups is 2. The topological polar surface area (TPSA) is 79.9 Å². The van der Waals surface area contributed by atoms with Crippen molar-refractivity contribution in [3.05, 3.63) is 29.8 Å². The van der Waals surface area contributed by atoms with E-state index in [1.165, 1.54) is 0 Å². The van der Waals surface area contributed by atoms with Gasteiger partial charge in [-0.1, -0.05) is 18.2 Å². The zero-order valence-corrected chi connectivity index (χ0v) is 16.1. The first-order chi connectivity index (χ1) is 13.1. The number of morpholine rings is 1. The summed E-state index contributed by atoms with van der Waals surface area (Å²) >= 11 is 0. The zero-order chi connectivity index (χ0) is 19.2. The molecule has 0 spiro atoms. The Morgan fingerprint density at radius 1 is 1.30 bits per heavy atom. The van der Waals surface area contributed by atoms with E-state index in [0.717, 1.165) is 24.2 Å². The molecule has 2 atom stereocenters. The van der Waals surface area contributed by atoms with Gasteiger partial charge in [0.15, 0.2) is 0 Å². The molecule has 2 heterocycles. The number of ether oxygens (including phenoxy) is 2. The third-order valence-corrected chi connectivity index (χ3v) is 5.33. The summed E-state index contributed by atoms with van der Waals surface area (Å²) in [5.41, 5.74) is 0.901. The lowest BCUT2D eigenvalue weighted by Crippen LogP contribution is -2.58. The van der Waals surface area contributed by atoms with Crippen LogP contribution in [0.4, 0.5) is 0 Å². The Bertz CT molecular complexity index is 658. The lowest BCUT2D eigenvalue weighted by molar-refractivity contribution is -0.132. The number of hydrogen-bond acceptors (Lipinski definition) is 5. The van der Waals surface area contributed by atoms with Gasteiger partial charge in [0.1, 0.15) is 11.8 Å². The molecule has 1 aromatic rings. The first-order valence-corrected chi connectivity index (χ1v) is 9.63. The molecule has 2 aliphatic rings. The highest BCUT2D eigenvalue weighted by Crippen LogP contribution is 2.20. The SMILES string of the molecule is COc1ccccc1CC(=O)N1CCC(NC(=O)[C@H]2NCCO[C@@H]2C)CC1. The molecule has 148 valence electrons. The quantitative estimate of drug-likeness (QED) is 0.793. The van der Waals surface area contributed by atoms with Crippen molar-refractivity contribution in [2.45, 2.75) is 44.4 Å². The molecule has 2 N–H and O–H groups in total. The third-order valence-electron chi connectivity index (χ3n) is 5.33. The largest absolute Gasteiger partial charge is 0.496 e. The minimum atomic E-state index is -0.302. The Balaban J connectivity index is 1.47. The van der Waals surface area contributed by atoms with Crippen molar-refractivity contribution in [1.82, 2.24) is 15.5 Å². The van der Waals surface area contributed by atoms with E-state index >= 15 is 0 Å². The molecule has 2 fully saturated rings. The lowest BCUT2D eigenvalue weighted by Gasteiger charge is -2.35. The molecule has 0 radical (unpaired) electrons. The van der Waals surface area contributed by atoms with E-state index in [9.17, 15) is 9.59 Å². The predicted octanol–water partition coefficient (Wildman–Crippen LogP) is 0.722. The van der Waals surface area contributed by atoms with E-state index in [0.29, 0.717) is 32.7 Å². The number of likely N-dealkylation sites (tertiary alicyclic amines) is 1. The summed E-state index contributed by atoms with van der Waals surface area (Å²) in [4.78, 5) is 26.9. The van der Waals surface area contributed by atoms with Gasteiger partial charge in [-0.15, -0.1) is 0 Å². The second-order valence-corrected chi connectivity index (χ2v) is 7.16. The van der Waals surface area contributed by atoms with Crippen molar-refractivity contribution in [1.29, 1.82) is 0 Å². The van der Waals surface area contributed by atoms with Gasteiger partial charge in [-0.05, 0) is 25.8 Å². The highest BCUT2D eigenvalue weighted by molar-refractivity contribution is 5.83. The van der Waals surface area contributed by atoms with Crippen LogP contribution >= 0.6 is 0 Å². The van der Waals surface area contributed by atoms with Crippen LogP contribution in [-0.2, 0) is 20.7 Å². The Morgan fingerprint density at radius 2 is 2.04 bits per heavy atom. The Labute approximate surface area is 160 Å². The number of nitrogens with zero attached hydrogens (tertiary/aromatic N) is 1. The third kappa shape index (κ3) is 4.99. The summed E-state index contributed by atoms with van der Waals surface area (Å²) in [6.07, 6.45) is 1.75. The fourth-order valence-corrected chi connectivity index (χ4v) is 3.72. The van der Waals surface area contributed by atoms with Crippen LogP contribution < -0.4 is 15.4 Å². The first kappa shape index (κ1) is 19.6. The van der Waals surface area contributed by atoms with Gasteiger partial charge < -0.3 is 25.0 Å². The van der Waals surface area contributed by atoms with Crippen LogP contribution in [0.25, 0.3) is 0 Å². The van der Waals surface area contributed by atoms with Crippen molar-refractivity contribution in [3.63, 3.8) is 0 Å². The van der Waals surface area contributed by atoms with Crippen molar-refractivity contribution in [3.8, 4) is 5.75 Å². The molecule has 0 unspecified atom stereocenters. The van der Waals surface area contributed by atoms with Gasteiger partial charge in [0.2, 0.25) is 11.8 Å². The number of carbonyl (C=O) groups excluding carboxylic acids is 2. The van der Waals surface area contributed by atoms with Crippen molar-refractivity contribution in [2.75, 3.05) is 33.4 Å². The second-order valence-electron chi connectivity index (χ2n) is 7.16. The van der Waals surface area contributed by atoms with Crippen LogP contribution in [0.3, 0.4) is 0 Å². The Kier molecular flexibility index (Phi) is 6.68. The molecule has 0 aliphatic carbocycles. The van der Waals surface area contributed by atoms with E-state index < -0.39 is 0 Å². The van der Waals surface area contributed by atoms with Gasteiger partial charge in [-0.3, -0.25) is 9.59 Å². The second kappa shape index (κ2) is 9.19. The number of nitrogens with one attached hydrogen (secondary N) is 2. The zero-order valence-electron chi connectivity index (χ0n) is 16.1. The molecule has 2 amide bonds. The molecule has 0 bridgehead atoms. The number of piperidine rings is 1. The maximum Gasteiger partial charge on any atom is 0.240 e. The molecule has 2 aliphatic heterocycles. The minimum Gasteiger partial charge on any atom is -0.496 e. The standard InChI is InChI=1S/C20H29N3O4/c1-14-19(21-9-12-27-14)20(25)22-16-7-10-23(11-8-16)18(24)13-15-5-3-4-6-17(15)26-2/h3-6,14,16,19,21H,7-13H2,1-2H3,(H,22,25)/t14-,19+/m1/s1. The fourth-order valence-electron chi connectivity index (χ4n) is 3.72. The van der Waals surface area contributed by atoms with Gasteiger partial charge in [-0.2, -0.15) is 0 Å². The van der Waals surface area contributed by atoms with Gasteiger partial charge in [0.25, 0.3) is 0 Å². The van der Waals surface area contributed by atoms with Crippen LogP contribution in [0, 0.1) is 0 Å². The van der Waals surface area contributed by atoms with E-state index in [1.54, 1.807) is 7.11 Å². The molecular formula is C20H29N3O4. The maximum atomic E-state index is 12.6. The van der Waals surface area contributed by atoms with Crippen LogP contribution in [-0.4, -0.2) is 68.3 Å². The molecule has 7 nitrogen and oxygen atoms in total. The predicted molar refractivity (Wildman–Crippen MR) is 102 cm³/mol. The number of methoxy groups -OCH3 is 1. The summed E-state index contributed by atoms with van der Waals surface area (Å²) in [7, 11) is 1.62. The minimum absolute atomic E-state index is 0.0130. The summed E-state index contributed by atoms with van der Waals surface area (Å²) in [5.74, 6) is 0.825. The van der Waals surface area contributed by atoms with Crippen LogP contribution in [0.5, 0.6) is 5.75 Å². The summed E-state index contributed by atoms with van der Waals surface area (Å²) in [5, 5.41) is 6.32. The number of rotatable bonds is 5. The molecular weight excluding hydrogens is 346 g/mol. The average molecular weight is 375 g/mol. The van der Waals surface area contributed by atoms with Crippen molar-refractivity contribution >= 4 is 11.8 Å². The highest BCUT2D eigenvalue weighted by Gasteiger charge is 2.31. The number of hydrogen-bond donors (Lipinski definition) is 2. The number of para-hydroxylation sites is 1. The smallest absolute Gasteiger partial charge is 0.240 e. The van der Waals surface area contributed by atoms with E-state index in [-0.39, 0.29) is 30.0 Å². The summed E-state index contributed by atoms with van der Waals surface area (Å²) in [6, 6.07) is 7.40. The molecule has 0 saturated carbocycles. The van der Waals surface area contributed by atoms with Gasteiger partial charge >= 0.3 is 0 Å². The number of amides is 2. The van der Waals surface area contributed by atoms with Gasteiger partial charge in [0.05, 0.1) is 26.2 Å². The molecule has 2 saturated heterocycles. The van der Waals surface area contributed by atoms with Crippen LogP contribution in [0.15, 0.2) is 24.3 Å². The maximum absolute atomic E-state index is 12.6. The summed E-state index contributed by atoms with van der Waals surface area (Å²) in [6.45, 7) is 4.55. The normalized spacial score (nSPS) is 23.7. The van der Waals surface area contributed by atoms with Crippen molar-refractivity contribution < 1.29 is 19.1 Å². The number of benzene rings is 1. The van der Waals surface area contributed by atoms with Crippen LogP contribution in [0.1, 0.15) is 25.3 Å². The van der Waals surface area contributed by atoms with Crippen LogP contribution in [0.2, 0.25) is 0 Å².